The van der Waals surface area contributed by atoms with E-state index in [2.05, 4.69) is 0 Å². The van der Waals surface area contributed by atoms with Gasteiger partial charge in [-0.15, -0.1) is 0 Å². The predicted octanol–water partition coefficient (Wildman–Crippen LogP) is 3.29. The quantitative estimate of drug-likeness (QED) is 0.855. The monoisotopic (exact) mass is 300 g/mol. The molecule has 2 N–H and O–H groups in total. The largest absolute Gasteiger partial charge is 0.481 e. The molecule has 2 aromatic carbocycles. The van der Waals surface area contributed by atoms with E-state index in [-0.39, 0.29) is 6.42 Å². The summed E-state index contributed by atoms with van der Waals surface area (Å²) in [6.07, 6.45) is -0.121. The van der Waals surface area contributed by atoms with E-state index in [4.69, 9.17) is 14.9 Å². The Hall–Kier alpha value is -2.82. The smallest absolute Gasteiger partial charge is 0.310 e. The van der Waals surface area contributed by atoms with Crippen LogP contribution in [-0.4, -0.2) is 22.2 Å². The topological polar surface area (TPSA) is 83.8 Å². The molecule has 1 atom stereocenters. The van der Waals surface area contributed by atoms with Gasteiger partial charge in [0, 0.05) is 5.56 Å². The Morgan fingerprint density at radius 2 is 1.68 bits per heavy atom. The maximum Gasteiger partial charge on any atom is 0.310 e. The summed E-state index contributed by atoms with van der Waals surface area (Å²) in [5.74, 6) is -1.40. The third kappa shape index (κ3) is 3.85. The summed E-state index contributed by atoms with van der Waals surface area (Å²) in [7, 11) is 0. The average Bonchev–Trinajstić information content (AvgIpc) is 2.48. The molecular formula is C17H16O5. The van der Waals surface area contributed by atoms with Crippen molar-refractivity contribution in [2.24, 2.45) is 0 Å². The molecular weight excluding hydrogens is 284 g/mol. The fourth-order valence-corrected chi connectivity index (χ4v) is 2.01. The van der Waals surface area contributed by atoms with Crippen LogP contribution in [0.3, 0.4) is 0 Å². The highest BCUT2D eigenvalue weighted by Gasteiger charge is 2.13. The van der Waals surface area contributed by atoms with Crippen molar-refractivity contribution in [1.82, 2.24) is 0 Å². The average molecular weight is 300 g/mol. The lowest BCUT2D eigenvalue weighted by atomic mass is 10.0. The maximum absolute atomic E-state index is 10.9. The Morgan fingerprint density at radius 1 is 1.05 bits per heavy atom. The van der Waals surface area contributed by atoms with Gasteiger partial charge in [0.2, 0.25) is 0 Å². The molecule has 0 fully saturated rings. The lowest BCUT2D eigenvalue weighted by Crippen LogP contribution is -2.07. The number of carboxylic acids is 2. The minimum absolute atomic E-state index is 0.121. The number of carboxylic acid groups (broad SMARTS) is 2. The first-order valence-electron chi connectivity index (χ1n) is 6.77. The Bertz CT molecular complexity index is 676. The van der Waals surface area contributed by atoms with Crippen LogP contribution in [0.25, 0.3) is 0 Å². The van der Waals surface area contributed by atoms with Crippen molar-refractivity contribution in [3.05, 3.63) is 59.7 Å². The Balaban J connectivity index is 2.18. The van der Waals surface area contributed by atoms with Crippen LogP contribution in [0.1, 0.15) is 24.0 Å². The molecule has 0 spiro atoms. The van der Waals surface area contributed by atoms with E-state index in [9.17, 15) is 9.59 Å². The molecule has 0 bridgehead atoms. The third-order valence-electron chi connectivity index (χ3n) is 3.29. The van der Waals surface area contributed by atoms with Crippen LogP contribution >= 0.6 is 0 Å². The van der Waals surface area contributed by atoms with E-state index in [0.717, 1.165) is 0 Å². The standard InChI is InChI=1S/C17H16O5/c1-11(17(20)21)12-6-8-14(9-7-12)22-15-5-3-2-4-13(15)10-16(18)19/h2-9,11H,10H2,1H3,(H,18,19)(H,20,21)/t11-/m1/s1. The summed E-state index contributed by atoms with van der Waals surface area (Å²) in [5, 5.41) is 17.9. The molecule has 0 radical (unpaired) electrons. The Kier molecular flexibility index (Phi) is 4.78. The summed E-state index contributed by atoms with van der Waals surface area (Å²) < 4.78 is 5.69. The number of rotatable bonds is 6. The zero-order valence-electron chi connectivity index (χ0n) is 12.0. The third-order valence-corrected chi connectivity index (χ3v) is 3.29. The molecule has 0 aliphatic carbocycles. The summed E-state index contributed by atoms with van der Waals surface area (Å²) in [5.41, 5.74) is 1.26. The van der Waals surface area contributed by atoms with E-state index >= 15 is 0 Å². The molecule has 5 nitrogen and oxygen atoms in total. The highest BCUT2D eigenvalue weighted by atomic mass is 16.5. The zero-order chi connectivity index (χ0) is 16.1. The van der Waals surface area contributed by atoms with E-state index < -0.39 is 17.9 Å². The van der Waals surface area contributed by atoms with Gasteiger partial charge in [-0.05, 0) is 30.7 Å². The van der Waals surface area contributed by atoms with E-state index in [1.54, 1.807) is 55.5 Å². The highest BCUT2D eigenvalue weighted by molar-refractivity contribution is 5.75. The fraction of sp³-hybridized carbons (Fsp3) is 0.176. The predicted molar refractivity (Wildman–Crippen MR) is 80.3 cm³/mol. The van der Waals surface area contributed by atoms with Crippen LogP contribution in [0.5, 0.6) is 11.5 Å². The van der Waals surface area contributed by atoms with Gasteiger partial charge in [-0.25, -0.2) is 0 Å². The number of benzene rings is 2. The van der Waals surface area contributed by atoms with Crippen LogP contribution in [-0.2, 0) is 16.0 Å². The molecule has 0 aromatic heterocycles. The molecule has 2 rings (SSSR count). The van der Waals surface area contributed by atoms with Crippen LogP contribution in [0.4, 0.5) is 0 Å². The van der Waals surface area contributed by atoms with Gasteiger partial charge in [0.25, 0.3) is 0 Å². The van der Waals surface area contributed by atoms with Crippen LogP contribution in [0, 0.1) is 0 Å². The van der Waals surface area contributed by atoms with Crippen molar-refractivity contribution in [3.63, 3.8) is 0 Å². The molecule has 0 unspecified atom stereocenters. The SMILES string of the molecule is C[C@@H](C(=O)O)c1ccc(Oc2ccccc2CC(=O)O)cc1. The summed E-state index contributed by atoms with van der Waals surface area (Å²) >= 11 is 0. The van der Waals surface area contributed by atoms with Gasteiger partial charge in [-0.1, -0.05) is 30.3 Å². The normalized spacial score (nSPS) is 11.7. The highest BCUT2D eigenvalue weighted by Crippen LogP contribution is 2.27. The van der Waals surface area contributed by atoms with E-state index in [1.807, 2.05) is 0 Å². The Morgan fingerprint density at radius 3 is 2.27 bits per heavy atom. The first kappa shape index (κ1) is 15.6. The number of carbonyl (C=O) groups is 2. The molecule has 0 saturated carbocycles. The Labute approximate surface area is 127 Å². The molecule has 114 valence electrons. The van der Waals surface area contributed by atoms with Gasteiger partial charge in [0.1, 0.15) is 11.5 Å². The van der Waals surface area contributed by atoms with Gasteiger partial charge in [0.15, 0.2) is 0 Å². The van der Waals surface area contributed by atoms with Gasteiger partial charge in [-0.2, -0.15) is 0 Å². The molecule has 0 saturated heterocycles. The second kappa shape index (κ2) is 6.76. The van der Waals surface area contributed by atoms with Gasteiger partial charge in [0.05, 0.1) is 12.3 Å². The van der Waals surface area contributed by atoms with Crippen molar-refractivity contribution in [3.8, 4) is 11.5 Å². The van der Waals surface area contributed by atoms with Crippen LogP contribution < -0.4 is 4.74 Å². The summed E-state index contributed by atoms with van der Waals surface area (Å²) in [6.45, 7) is 1.61. The van der Waals surface area contributed by atoms with Crippen molar-refractivity contribution < 1.29 is 24.5 Å². The molecule has 2 aromatic rings. The number of ether oxygens (including phenoxy) is 1. The van der Waals surface area contributed by atoms with Gasteiger partial charge < -0.3 is 14.9 Å². The molecule has 0 aliphatic rings. The molecule has 5 heteroatoms. The van der Waals surface area contributed by atoms with Crippen LogP contribution in [0.15, 0.2) is 48.5 Å². The minimum atomic E-state index is -0.929. The minimum Gasteiger partial charge on any atom is -0.481 e. The lowest BCUT2D eigenvalue weighted by Gasteiger charge is -2.11. The summed E-state index contributed by atoms with van der Waals surface area (Å²) in [4.78, 5) is 21.8. The van der Waals surface area contributed by atoms with Crippen molar-refractivity contribution in [1.29, 1.82) is 0 Å². The van der Waals surface area contributed by atoms with E-state index in [1.165, 1.54) is 0 Å². The van der Waals surface area contributed by atoms with Gasteiger partial charge >= 0.3 is 11.9 Å². The molecule has 22 heavy (non-hydrogen) atoms. The van der Waals surface area contributed by atoms with E-state index in [0.29, 0.717) is 22.6 Å². The van der Waals surface area contributed by atoms with Crippen LogP contribution in [0.2, 0.25) is 0 Å². The first-order valence-corrected chi connectivity index (χ1v) is 6.77. The summed E-state index contributed by atoms with van der Waals surface area (Å²) in [6, 6.07) is 13.6. The molecule has 0 aliphatic heterocycles. The second-order valence-electron chi connectivity index (χ2n) is 4.91. The lowest BCUT2D eigenvalue weighted by molar-refractivity contribution is -0.138. The first-order chi connectivity index (χ1) is 10.5. The van der Waals surface area contributed by atoms with Crippen molar-refractivity contribution >= 4 is 11.9 Å². The number of aliphatic carboxylic acids is 2. The van der Waals surface area contributed by atoms with Crippen molar-refractivity contribution in [2.45, 2.75) is 19.3 Å². The molecule has 0 amide bonds. The van der Waals surface area contributed by atoms with Crippen molar-refractivity contribution in [2.75, 3.05) is 0 Å². The number of para-hydroxylation sites is 1. The maximum atomic E-state index is 10.9. The zero-order valence-corrected chi connectivity index (χ0v) is 12.0. The molecule has 0 heterocycles. The number of hydrogen-bond donors (Lipinski definition) is 2. The fourth-order valence-electron chi connectivity index (χ4n) is 2.01. The second-order valence-corrected chi connectivity index (χ2v) is 4.91. The number of hydrogen-bond acceptors (Lipinski definition) is 3. The van der Waals surface area contributed by atoms with Gasteiger partial charge in [-0.3, -0.25) is 9.59 Å².